The summed E-state index contributed by atoms with van der Waals surface area (Å²) in [5.41, 5.74) is 0.487. The molecule has 1 saturated carbocycles. The van der Waals surface area contributed by atoms with Crippen molar-refractivity contribution in [1.29, 1.82) is 0 Å². The zero-order valence-electron chi connectivity index (χ0n) is 11.1. The molecule has 2 rings (SSSR count). The Kier molecular flexibility index (Phi) is 3.76. The van der Waals surface area contributed by atoms with Gasteiger partial charge >= 0.3 is 0 Å². The lowest BCUT2D eigenvalue weighted by Crippen LogP contribution is -2.38. The van der Waals surface area contributed by atoms with Gasteiger partial charge < -0.3 is 14.8 Å². The molecule has 1 aliphatic carbocycles. The van der Waals surface area contributed by atoms with Gasteiger partial charge in [-0.1, -0.05) is 12.8 Å². The number of amides is 1. The smallest absolute Gasteiger partial charge is 0.254 e. The molecular formula is C14H21NO3. The summed E-state index contributed by atoms with van der Waals surface area (Å²) in [6.45, 7) is 4.32. The Morgan fingerprint density at radius 3 is 2.61 bits per heavy atom. The van der Waals surface area contributed by atoms with Crippen molar-refractivity contribution in [2.24, 2.45) is 5.41 Å². The third-order valence-corrected chi connectivity index (χ3v) is 3.91. The summed E-state index contributed by atoms with van der Waals surface area (Å²) < 4.78 is 5.35. The summed E-state index contributed by atoms with van der Waals surface area (Å²) in [6, 6.07) is 1.75. The van der Waals surface area contributed by atoms with Crippen LogP contribution in [-0.2, 0) is 0 Å². The van der Waals surface area contributed by atoms with E-state index in [1.807, 2.05) is 6.92 Å². The van der Waals surface area contributed by atoms with E-state index in [1.165, 1.54) is 0 Å². The molecule has 4 heteroatoms. The third-order valence-electron chi connectivity index (χ3n) is 3.91. The molecule has 0 spiro atoms. The Balaban J connectivity index is 1.98. The van der Waals surface area contributed by atoms with E-state index in [9.17, 15) is 9.90 Å². The predicted octanol–water partition coefficient (Wildman–Crippen LogP) is 2.18. The number of aliphatic hydroxyl groups is 1. The standard InChI is InChI=1S/C14H21NO3/c1-10-7-12(11(2)18-10)13(17)15-8-14(9-16)5-3-4-6-14/h7,16H,3-6,8-9H2,1-2H3,(H,15,17). The first-order chi connectivity index (χ1) is 8.56. The molecule has 1 aliphatic rings. The minimum atomic E-state index is -0.109. The van der Waals surface area contributed by atoms with E-state index in [2.05, 4.69) is 5.32 Å². The van der Waals surface area contributed by atoms with Crippen LogP contribution < -0.4 is 5.32 Å². The molecule has 0 saturated heterocycles. The fourth-order valence-corrected chi connectivity index (χ4v) is 2.74. The average molecular weight is 251 g/mol. The van der Waals surface area contributed by atoms with E-state index in [1.54, 1.807) is 13.0 Å². The molecule has 2 N–H and O–H groups in total. The van der Waals surface area contributed by atoms with Crippen LogP contribution in [0.2, 0.25) is 0 Å². The lowest BCUT2D eigenvalue weighted by Gasteiger charge is -2.26. The Morgan fingerprint density at radius 1 is 1.44 bits per heavy atom. The van der Waals surface area contributed by atoms with Crippen LogP contribution in [0.25, 0.3) is 0 Å². The highest BCUT2D eigenvalue weighted by molar-refractivity contribution is 5.95. The first kappa shape index (κ1) is 13.1. The molecule has 1 aromatic heterocycles. The van der Waals surface area contributed by atoms with Gasteiger partial charge in [0, 0.05) is 12.0 Å². The molecule has 0 radical (unpaired) electrons. The largest absolute Gasteiger partial charge is 0.466 e. The zero-order valence-corrected chi connectivity index (χ0v) is 11.1. The molecule has 0 unspecified atom stereocenters. The van der Waals surface area contributed by atoms with Crippen molar-refractivity contribution in [1.82, 2.24) is 5.32 Å². The number of carbonyl (C=O) groups is 1. The normalized spacial score (nSPS) is 17.9. The molecule has 0 atom stereocenters. The van der Waals surface area contributed by atoms with Crippen molar-refractivity contribution in [3.8, 4) is 0 Å². The van der Waals surface area contributed by atoms with E-state index in [4.69, 9.17) is 4.42 Å². The monoisotopic (exact) mass is 251 g/mol. The van der Waals surface area contributed by atoms with Crippen LogP contribution in [0.1, 0.15) is 47.6 Å². The highest BCUT2D eigenvalue weighted by Gasteiger charge is 2.33. The van der Waals surface area contributed by atoms with E-state index in [-0.39, 0.29) is 17.9 Å². The van der Waals surface area contributed by atoms with Crippen molar-refractivity contribution in [2.45, 2.75) is 39.5 Å². The third kappa shape index (κ3) is 2.58. The van der Waals surface area contributed by atoms with Crippen molar-refractivity contribution in [3.05, 3.63) is 23.2 Å². The van der Waals surface area contributed by atoms with Crippen molar-refractivity contribution < 1.29 is 14.3 Å². The number of hydrogen-bond donors (Lipinski definition) is 2. The minimum absolute atomic E-state index is 0.107. The van der Waals surface area contributed by atoms with Crippen LogP contribution in [0.3, 0.4) is 0 Å². The second kappa shape index (κ2) is 5.14. The van der Waals surface area contributed by atoms with Gasteiger partial charge in [0.1, 0.15) is 11.5 Å². The minimum Gasteiger partial charge on any atom is -0.466 e. The number of rotatable bonds is 4. The Morgan fingerprint density at radius 2 is 2.11 bits per heavy atom. The van der Waals surface area contributed by atoms with Gasteiger partial charge in [-0.15, -0.1) is 0 Å². The van der Waals surface area contributed by atoms with Crippen LogP contribution in [-0.4, -0.2) is 24.2 Å². The first-order valence-corrected chi connectivity index (χ1v) is 6.52. The quantitative estimate of drug-likeness (QED) is 0.862. The maximum absolute atomic E-state index is 12.0. The number of carbonyl (C=O) groups excluding carboxylic acids is 1. The van der Waals surface area contributed by atoms with Crippen LogP contribution >= 0.6 is 0 Å². The summed E-state index contributed by atoms with van der Waals surface area (Å²) in [7, 11) is 0. The summed E-state index contributed by atoms with van der Waals surface area (Å²) in [5.74, 6) is 1.29. The molecule has 1 aromatic rings. The lowest BCUT2D eigenvalue weighted by atomic mass is 9.87. The number of aliphatic hydroxyl groups excluding tert-OH is 1. The Bertz CT molecular complexity index is 430. The molecule has 0 aliphatic heterocycles. The van der Waals surface area contributed by atoms with Crippen LogP contribution in [0.4, 0.5) is 0 Å². The molecule has 0 aromatic carbocycles. The van der Waals surface area contributed by atoms with E-state index < -0.39 is 0 Å². The van der Waals surface area contributed by atoms with Gasteiger partial charge in [0.25, 0.3) is 5.91 Å². The van der Waals surface area contributed by atoms with Gasteiger partial charge in [-0.05, 0) is 32.8 Å². The molecule has 18 heavy (non-hydrogen) atoms. The van der Waals surface area contributed by atoms with E-state index >= 15 is 0 Å². The SMILES string of the molecule is Cc1cc(C(=O)NCC2(CO)CCCC2)c(C)o1. The maximum Gasteiger partial charge on any atom is 0.254 e. The first-order valence-electron chi connectivity index (χ1n) is 6.52. The number of hydrogen-bond acceptors (Lipinski definition) is 3. The van der Waals surface area contributed by atoms with E-state index in [0.717, 1.165) is 31.4 Å². The highest BCUT2D eigenvalue weighted by atomic mass is 16.3. The highest BCUT2D eigenvalue weighted by Crippen LogP contribution is 2.36. The van der Waals surface area contributed by atoms with Gasteiger partial charge in [-0.25, -0.2) is 0 Å². The van der Waals surface area contributed by atoms with E-state index in [0.29, 0.717) is 17.9 Å². The number of aryl methyl sites for hydroxylation is 2. The summed E-state index contributed by atoms with van der Waals surface area (Å²) in [5, 5.41) is 12.4. The summed E-state index contributed by atoms with van der Waals surface area (Å²) >= 11 is 0. The molecule has 4 nitrogen and oxygen atoms in total. The molecule has 1 heterocycles. The maximum atomic E-state index is 12.0. The molecule has 1 fully saturated rings. The van der Waals surface area contributed by atoms with Crippen LogP contribution in [0, 0.1) is 19.3 Å². The van der Waals surface area contributed by atoms with Crippen molar-refractivity contribution in [3.63, 3.8) is 0 Å². The number of furan rings is 1. The van der Waals surface area contributed by atoms with Gasteiger partial charge in [0.15, 0.2) is 0 Å². The second-order valence-corrected chi connectivity index (χ2v) is 5.37. The van der Waals surface area contributed by atoms with Crippen LogP contribution in [0.15, 0.2) is 10.5 Å². The fourth-order valence-electron chi connectivity index (χ4n) is 2.74. The fraction of sp³-hybridized carbons (Fsp3) is 0.643. The average Bonchev–Trinajstić information content (AvgIpc) is 2.94. The summed E-state index contributed by atoms with van der Waals surface area (Å²) in [4.78, 5) is 12.0. The molecule has 0 bridgehead atoms. The predicted molar refractivity (Wildman–Crippen MR) is 68.5 cm³/mol. The molecular weight excluding hydrogens is 230 g/mol. The number of nitrogens with one attached hydrogen (secondary N) is 1. The second-order valence-electron chi connectivity index (χ2n) is 5.37. The van der Waals surface area contributed by atoms with Crippen LogP contribution in [0.5, 0.6) is 0 Å². The van der Waals surface area contributed by atoms with Gasteiger partial charge in [-0.2, -0.15) is 0 Å². The lowest BCUT2D eigenvalue weighted by molar-refractivity contribution is 0.0879. The Labute approximate surface area is 107 Å². The summed E-state index contributed by atoms with van der Waals surface area (Å²) in [6.07, 6.45) is 4.26. The molecule has 100 valence electrons. The zero-order chi connectivity index (χ0) is 13.2. The molecule has 1 amide bonds. The van der Waals surface area contributed by atoms with Gasteiger partial charge in [-0.3, -0.25) is 4.79 Å². The van der Waals surface area contributed by atoms with Crippen molar-refractivity contribution in [2.75, 3.05) is 13.2 Å². The van der Waals surface area contributed by atoms with Gasteiger partial charge in [0.05, 0.1) is 12.2 Å². The van der Waals surface area contributed by atoms with Gasteiger partial charge in [0.2, 0.25) is 0 Å². The Hall–Kier alpha value is -1.29. The topological polar surface area (TPSA) is 62.5 Å². The van der Waals surface area contributed by atoms with Crippen molar-refractivity contribution >= 4 is 5.91 Å².